The van der Waals surface area contributed by atoms with Gasteiger partial charge in [0.25, 0.3) is 11.5 Å². The van der Waals surface area contributed by atoms with E-state index in [9.17, 15) is 14.0 Å². The number of fused-ring (bicyclic) bond motifs is 1. The first kappa shape index (κ1) is 22.1. The van der Waals surface area contributed by atoms with E-state index in [2.05, 4.69) is 9.88 Å². The average molecular weight is 477 g/mol. The second kappa shape index (κ2) is 9.27. The predicted octanol–water partition coefficient (Wildman–Crippen LogP) is 4.20. The van der Waals surface area contributed by atoms with Crippen LogP contribution in [-0.4, -0.2) is 46.5 Å². The third-order valence-electron chi connectivity index (χ3n) is 6.09. The number of aromatic nitrogens is 2. The number of nitrogens with zero attached hydrogens (tertiary/aromatic N) is 4. The molecule has 1 fully saturated rings. The van der Waals surface area contributed by atoms with E-state index in [4.69, 9.17) is 11.6 Å². The van der Waals surface area contributed by atoms with Crippen molar-refractivity contribution in [2.45, 2.75) is 6.54 Å². The molecule has 5 rings (SSSR count). The molecule has 0 spiro atoms. The highest BCUT2D eigenvalue weighted by Gasteiger charge is 2.26. The molecule has 2 aromatic carbocycles. The minimum absolute atomic E-state index is 0.105. The van der Waals surface area contributed by atoms with Gasteiger partial charge in [0.2, 0.25) is 0 Å². The van der Waals surface area contributed by atoms with Crippen LogP contribution in [0.15, 0.2) is 77.7 Å². The molecule has 4 aromatic rings. The number of pyridine rings is 2. The average Bonchev–Trinajstić information content (AvgIpc) is 2.87. The Morgan fingerprint density at radius 3 is 2.44 bits per heavy atom. The number of carbonyl (C=O) groups is 1. The number of halogens is 2. The maximum absolute atomic E-state index is 13.4. The van der Waals surface area contributed by atoms with Gasteiger partial charge in [0.05, 0.1) is 17.3 Å². The van der Waals surface area contributed by atoms with Crippen LogP contribution in [0.25, 0.3) is 11.0 Å². The van der Waals surface area contributed by atoms with Crippen LogP contribution >= 0.6 is 11.6 Å². The van der Waals surface area contributed by atoms with Crippen molar-refractivity contribution < 1.29 is 9.18 Å². The van der Waals surface area contributed by atoms with Crippen LogP contribution in [0.4, 0.5) is 10.1 Å². The number of piperazine rings is 1. The number of rotatable bonds is 4. The Hall–Kier alpha value is -3.71. The Kier molecular flexibility index (Phi) is 6.02. The van der Waals surface area contributed by atoms with Gasteiger partial charge in [-0.25, -0.2) is 9.37 Å². The lowest BCUT2D eigenvalue weighted by Gasteiger charge is -2.36. The molecule has 0 bridgehead atoms. The SMILES string of the molecule is O=C(c1cc2cccnc2n(Cc2ccc(F)cc2)c1=O)N1CCN(c2ccccc2Cl)CC1. The number of amides is 1. The van der Waals surface area contributed by atoms with Crippen LogP contribution in [0.3, 0.4) is 0 Å². The summed E-state index contributed by atoms with van der Waals surface area (Å²) in [7, 11) is 0. The quantitative estimate of drug-likeness (QED) is 0.443. The molecule has 0 N–H and O–H groups in total. The van der Waals surface area contributed by atoms with Crippen molar-refractivity contribution in [3.8, 4) is 0 Å². The molecule has 6 nitrogen and oxygen atoms in total. The van der Waals surface area contributed by atoms with Gasteiger partial charge >= 0.3 is 0 Å². The largest absolute Gasteiger partial charge is 0.367 e. The fourth-order valence-electron chi connectivity index (χ4n) is 4.31. The third kappa shape index (κ3) is 4.26. The van der Waals surface area contributed by atoms with Gasteiger partial charge in [-0.05, 0) is 48.0 Å². The van der Waals surface area contributed by atoms with Crippen molar-refractivity contribution in [2.24, 2.45) is 0 Å². The predicted molar refractivity (Wildman–Crippen MR) is 131 cm³/mol. The number of hydrogen-bond donors (Lipinski definition) is 0. The molecular weight excluding hydrogens is 455 g/mol. The molecule has 34 heavy (non-hydrogen) atoms. The molecule has 1 aliphatic heterocycles. The van der Waals surface area contributed by atoms with Crippen molar-refractivity contribution in [1.29, 1.82) is 0 Å². The maximum Gasteiger partial charge on any atom is 0.265 e. The monoisotopic (exact) mass is 476 g/mol. The topological polar surface area (TPSA) is 58.4 Å². The summed E-state index contributed by atoms with van der Waals surface area (Å²) in [6.45, 7) is 2.38. The van der Waals surface area contributed by atoms with Crippen molar-refractivity contribution in [2.75, 3.05) is 31.1 Å². The van der Waals surface area contributed by atoms with Crippen molar-refractivity contribution in [3.63, 3.8) is 0 Å². The molecule has 1 saturated heterocycles. The molecule has 0 saturated carbocycles. The smallest absolute Gasteiger partial charge is 0.265 e. The molecular formula is C26H22ClFN4O2. The second-order valence-electron chi connectivity index (χ2n) is 8.22. The first-order valence-electron chi connectivity index (χ1n) is 11.0. The van der Waals surface area contributed by atoms with E-state index in [1.807, 2.05) is 30.3 Å². The summed E-state index contributed by atoms with van der Waals surface area (Å²) in [6.07, 6.45) is 1.61. The number of hydrogen-bond acceptors (Lipinski definition) is 4. The molecule has 0 atom stereocenters. The maximum atomic E-state index is 13.4. The van der Waals surface area contributed by atoms with Crippen LogP contribution < -0.4 is 10.5 Å². The molecule has 2 aromatic heterocycles. The Morgan fingerprint density at radius 1 is 0.971 bits per heavy atom. The van der Waals surface area contributed by atoms with E-state index in [0.717, 1.165) is 11.3 Å². The number of benzene rings is 2. The van der Waals surface area contributed by atoms with Gasteiger partial charge in [0, 0.05) is 37.8 Å². The summed E-state index contributed by atoms with van der Waals surface area (Å²) in [6, 6.07) is 18.8. The second-order valence-corrected chi connectivity index (χ2v) is 8.63. The van der Waals surface area contributed by atoms with E-state index >= 15 is 0 Å². The highest BCUT2D eigenvalue weighted by molar-refractivity contribution is 6.33. The lowest BCUT2D eigenvalue weighted by Crippen LogP contribution is -2.50. The molecule has 0 unspecified atom stereocenters. The first-order valence-corrected chi connectivity index (χ1v) is 11.4. The van der Waals surface area contributed by atoms with Crippen molar-refractivity contribution in [3.05, 3.63) is 105 Å². The van der Waals surface area contributed by atoms with Gasteiger partial charge in [-0.15, -0.1) is 0 Å². The van der Waals surface area contributed by atoms with Crippen LogP contribution in [-0.2, 0) is 6.54 Å². The highest BCUT2D eigenvalue weighted by atomic mass is 35.5. The lowest BCUT2D eigenvalue weighted by atomic mass is 10.1. The molecule has 8 heteroatoms. The molecule has 1 amide bonds. The summed E-state index contributed by atoms with van der Waals surface area (Å²) in [5.41, 5.74) is 1.86. The van der Waals surface area contributed by atoms with E-state index in [-0.39, 0.29) is 23.8 Å². The Labute approximate surface area is 200 Å². The zero-order valence-electron chi connectivity index (χ0n) is 18.3. The van der Waals surface area contributed by atoms with Gasteiger partial charge in [-0.2, -0.15) is 0 Å². The Bertz CT molecular complexity index is 1410. The summed E-state index contributed by atoms with van der Waals surface area (Å²) in [5, 5.41) is 1.37. The van der Waals surface area contributed by atoms with E-state index in [1.165, 1.54) is 16.7 Å². The van der Waals surface area contributed by atoms with E-state index < -0.39 is 5.56 Å². The van der Waals surface area contributed by atoms with Crippen LogP contribution in [0.1, 0.15) is 15.9 Å². The molecule has 0 aliphatic carbocycles. The lowest BCUT2D eigenvalue weighted by molar-refractivity contribution is 0.0744. The molecule has 3 heterocycles. The van der Waals surface area contributed by atoms with Gasteiger partial charge in [0.1, 0.15) is 17.0 Å². The normalized spacial score (nSPS) is 13.9. The third-order valence-corrected chi connectivity index (χ3v) is 6.41. The summed E-state index contributed by atoms with van der Waals surface area (Å²) < 4.78 is 14.8. The molecule has 172 valence electrons. The van der Waals surface area contributed by atoms with Gasteiger partial charge in [0.15, 0.2) is 0 Å². The Balaban J connectivity index is 1.44. The highest BCUT2D eigenvalue weighted by Crippen LogP contribution is 2.26. The summed E-state index contributed by atoms with van der Waals surface area (Å²) >= 11 is 6.33. The Morgan fingerprint density at radius 2 is 1.71 bits per heavy atom. The van der Waals surface area contributed by atoms with Crippen molar-refractivity contribution >= 4 is 34.2 Å². The van der Waals surface area contributed by atoms with Gasteiger partial charge < -0.3 is 9.80 Å². The van der Waals surface area contributed by atoms with Crippen LogP contribution in [0, 0.1) is 5.82 Å². The summed E-state index contributed by atoms with van der Waals surface area (Å²) in [5.74, 6) is -0.652. The van der Waals surface area contributed by atoms with Gasteiger partial charge in [-0.3, -0.25) is 14.2 Å². The minimum Gasteiger partial charge on any atom is -0.367 e. The van der Waals surface area contributed by atoms with Crippen LogP contribution in [0.2, 0.25) is 5.02 Å². The standard InChI is InChI=1S/C26H22ClFN4O2/c27-22-5-1-2-6-23(22)30-12-14-31(15-13-30)25(33)21-16-19-4-3-11-29-24(19)32(26(21)34)17-18-7-9-20(28)10-8-18/h1-11,16H,12-15,17H2. The summed E-state index contributed by atoms with van der Waals surface area (Å²) in [4.78, 5) is 35.1. The van der Waals surface area contributed by atoms with Gasteiger partial charge in [-0.1, -0.05) is 35.9 Å². The van der Waals surface area contributed by atoms with E-state index in [0.29, 0.717) is 42.2 Å². The molecule has 1 aliphatic rings. The van der Waals surface area contributed by atoms with E-state index in [1.54, 1.807) is 35.4 Å². The van der Waals surface area contributed by atoms with Crippen molar-refractivity contribution in [1.82, 2.24) is 14.5 Å². The zero-order chi connectivity index (χ0) is 23.7. The van der Waals surface area contributed by atoms with Crippen LogP contribution in [0.5, 0.6) is 0 Å². The fraction of sp³-hybridized carbons (Fsp3) is 0.192. The minimum atomic E-state index is -0.408. The number of anilines is 1. The zero-order valence-corrected chi connectivity index (χ0v) is 19.1. The fourth-order valence-corrected chi connectivity index (χ4v) is 4.56. The number of carbonyl (C=O) groups excluding carboxylic acids is 1. The first-order chi connectivity index (χ1) is 16.5. The molecule has 0 radical (unpaired) electrons. The number of para-hydroxylation sites is 1.